The summed E-state index contributed by atoms with van der Waals surface area (Å²) in [5.41, 5.74) is 12.0. The molecule has 8 rings (SSSR count). The van der Waals surface area contributed by atoms with E-state index in [1.165, 1.54) is 0 Å². The van der Waals surface area contributed by atoms with E-state index >= 15 is 0 Å². The first kappa shape index (κ1) is 27.6. The molecule has 2 saturated heterocycles. The predicted octanol–water partition coefficient (Wildman–Crippen LogP) is 3.61. The van der Waals surface area contributed by atoms with Gasteiger partial charge in [-0.15, -0.1) is 0 Å². The molecule has 3 N–H and O–H groups in total. The van der Waals surface area contributed by atoms with Crippen LogP contribution < -0.4 is 15.8 Å². The largest absolute Gasteiger partial charge is 0.482 e. The molecule has 0 aromatic carbocycles. The van der Waals surface area contributed by atoms with Gasteiger partial charge < -0.3 is 30.0 Å². The number of methoxy groups -OCH3 is 1. The molecule has 1 saturated carbocycles. The molecule has 4 bridgehead atoms. The minimum atomic E-state index is -0.229. The van der Waals surface area contributed by atoms with Crippen molar-refractivity contribution in [1.82, 2.24) is 29.2 Å². The molecule has 3 fully saturated rings. The topological polar surface area (TPSA) is 129 Å². The molecule has 11 heteroatoms. The van der Waals surface area contributed by atoms with E-state index in [0.717, 1.165) is 66.0 Å². The Balaban J connectivity index is 1.23. The fraction of sp³-hybridized carbons (Fsp3) is 0.515. The Morgan fingerprint density at radius 3 is 2.77 bits per heavy atom. The number of fused-ring (bicyclic) bond motifs is 5. The van der Waals surface area contributed by atoms with E-state index in [0.29, 0.717) is 48.6 Å². The number of hydrogen-bond acceptors (Lipinski definition) is 7. The van der Waals surface area contributed by atoms with Gasteiger partial charge >= 0.3 is 0 Å². The summed E-state index contributed by atoms with van der Waals surface area (Å²) in [7, 11) is 1.63. The smallest absolute Gasteiger partial charge is 0.254 e. The molecule has 230 valence electrons. The Hall–Kier alpha value is -3.96. The van der Waals surface area contributed by atoms with Gasteiger partial charge in [-0.3, -0.25) is 14.0 Å². The Morgan fingerprint density at radius 1 is 1.14 bits per heavy atom. The second-order valence-electron chi connectivity index (χ2n) is 13.1. The number of ether oxygens (including phenoxy) is 2. The number of rotatable bonds is 3. The highest BCUT2D eigenvalue weighted by molar-refractivity contribution is 5.97. The Morgan fingerprint density at radius 2 is 2.00 bits per heavy atom. The average Bonchev–Trinajstić information content (AvgIpc) is 3.27. The monoisotopic (exact) mass is 597 g/mol. The lowest BCUT2D eigenvalue weighted by atomic mass is 9.97. The molecule has 4 aliphatic rings. The maximum absolute atomic E-state index is 13.8. The summed E-state index contributed by atoms with van der Waals surface area (Å²) < 4.78 is 16.0. The van der Waals surface area contributed by atoms with Crippen LogP contribution in [0.15, 0.2) is 30.3 Å². The van der Waals surface area contributed by atoms with Crippen molar-refractivity contribution in [3.05, 3.63) is 47.3 Å². The molecule has 4 aromatic heterocycles. The van der Waals surface area contributed by atoms with Gasteiger partial charge in [0.2, 0.25) is 5.91 Å². The van der Waals surface area contributed by atoms with Gasteiger partial charge in [-0.1, -0.05) is 0 Å². The quantitative estimate of drug-likeness (QED) is 0.369. The van der Waals surface area contributed by atoms with Crippen molar-refractivity contribution in [2.24, 2.45) is 17.6 Å². The first-order valence-electron chi connectivity index (χ1n) is 15.8. The lowest BCUT2D eigenvalue weighted by Crippen LogP contribution is -2.40. The molecule has 44 heavy (non-hydrogen) atoms. The highest BCUT2D eigenvalue weighted by Gasteiger charge is 2.47. The van der Waals surface area contributed by atoms with Crippen LogP contribution >= 0.6 is 0 Å². The SMILES string of the molecule is COc1cc(C(=O)N2[C@H]3CC[C@@H]2[C@H](N)C3)cc2nc(-c3cc4ccc5nc4n3C[C@@H]3C[C@H]3COCCC(=O)N[C@@H]5C)c(C)n12. The van der Waals surface area contributed by atoms with E-state index < -0.39 is 0 Å². The van der Waals surface area contributed by atoms with Crippen molar-refractivity contribution < 1.29 is 19.1 Å². The number of imidazole rings is 1. The van der Waals surface area contributed by atoms with Crippen LogP contribution in [0.3, 0.4) is 0 Å². The first-order chi connectivity index (χ1) is 21.3. The second kappa shape index (κ2) is 10.3. The number of carbonyl (C=O) groups excluding carboxylic acids is 2. The van der Waals surface area contributed by atoms with Crippen LogP contribution in [-0.4, -0.2) is 74.1 Å². The van der Waals surface area contributed by atoms with Gasteiger partial charge in [-0.25, -0.2) is 9.97 Å². The number of amides is 2. The number of carbonyl (C=O) groups is 2. The summed E-state index contributed by atoms with van der Waals surface area (Å²) in [4.78, 5) is 38.5. The molecule has 7 heterocycles. The number of nitrogens with one attached hydrogen (secondary N) is 1. The molecule has 2 amide bonds. The Labute approximate surface area is 255 Å². The highest BCUT2D eigenvalue weighted by atomic mass is 16.5. The molecule has 0 radical (unpaired) electrons. The minimum absolute atomic E-state index is 0.00402. The lowest BCUT2D eigenvalue weighted by Gasteiger charge is -2.23. The van der Waals surface area contributed by atoms with Crippen LogP contribution in [-0.2, 0) is 16.1 Å². The van der Waals surface area contributed by atoms with Gasteiger partial charge in [0.25, 0.3) is 5.91 Å². The maximum atomic E-state index is 13.8. The van der Waals surface area contributed by atoms with Crippen molar-refractivity contribution in [1.29, 1.82) is 0 Å². The van der Waals surface area contributed by atoms with Crippen molar-refractivity contribution in [2.45, 2.75) is 76.7 Å². The molecule has 4 aromatic rings. The summed E-state index contributed by atoms with van der Waals surface area (Å²) in [6.07, 6.45) is 4.26. The predicted molar refractivity (Wildman–Crippen MR) is 164 cm³/mol. The normalized spacial score (nSPS) is 28.4. The summed E-state index contributed by atoms with van der Waals surface area (Å²) in [6, 6.07) is 10.0. The molecule has 3 aliphatic heterocycles. The van der Waals surface area contributed by atoms with Crippen molar-refractivity contribution >= 4 is 28.5 Å². The van der Waals surface area contributed by atoms with E-state index in [1.807, 2.05) is 41.3 Å². The van der Waals surface area contributed by atoms with Gasteiger partial charge in [0.15, 0.2) is 5.88 Å². The van der Waals surface area contributed by atoms with Crippen LogP contribution in [0.5, 0.6) is 5.88 Å². The van der Waals surface area contributed by atoms with E-state index in [9.17, 15) is 9.59 Å². The van der Waals surface area contributed by atoms with Crippen LogP contribution in [0.1, 0.15) is 66.8 Å². The average molecular weight is 598 g/mol. The number of aryl methyl sites for hydroxylation is 1. The second-order valence-corrected chi connectivity index (χ2v) is 13.1. The summed E-state index contributed by atoms with van der Waals surface area (Å²) in [5.74, 6) is 1.45. The van der Waals surface area contributed by atoms with Crippen LogP contribution in [0, 0.1) is 18.8 Å². The standard InChI is InChI=1S/C33H39N7O4/c1-17-25-6-4-19-11-27(38(32(19)36-25)15-21-10-22(21)16-44-9-8-29(41)35-17)31-18(2)39-28(37-31)12-20(13-30(39)43-3)33(42)40-23-5-7-26(40)24(34)14-23/h4,6,11-13,17,21-24,26H,5,7-10,14-16,34H2,1-3H3,(H,35,41)/t17-,21+,22+,23+,24-,26-/m1/s1. The van der Waals surface area contributed by atoms with Gasteiger partial charge in [-0.2, -0.15) is 0 Å². The highest BCUT2D eigenvalue weighted by Crippen LogP contribution is 2.43. The molecule has 0 unspecified atom stereocenters. The molecule has 0 spiro atoms. The fourth-order valence-corrected chi connectivity index (χ4v) is 7.82. The summed E-state index contributed by atoms with van der Waals surface area (Å²) in [5, 5.41) is 4.08. The Bertz CT molecular complexity index is 1810. The zero-order valence-electron chi connectivity index (χ0n) is 25.5. The van der Waals surface area contributed by atoms with Crippen molar-refractivity contribution in [3.8, 4) is 17.3 Å². The third-order valence-electron chi connectivity index (χ3n) is 10.3. The van der Waals surface area contributed by atoms with Crippen molar-refractivity contribution in [2.75, 3.05) is 20.3 Å². The zero-order chi connectivity index (χ0) is 30.3. The van der Waals surface area contributed by atoms with Gasteiger partial charge in [-0.05, 0) is 75.6 Å². The number of nitrogens with zero attached hydrogens (tertiary/aromatic N) is 5. The van der Waals surface area contributed by atoms with E-state index in [-0.39, 0.29) is 36.0 Å². The van der Waals surface area contributed by atoms with Crippen LogP contribution in [0.4, 0.5) is 0 Å². The van der Waals surface area contributed by atoms with Crippen molar-refractivity contribution in [3.63, 3.8) is 0 Å². The van der Waals surface area contributed by atoms with E-state index in [2.05, 4.69) is 22.0 Å². The molecular weight excluding hydrogens is 558 g/mol. The molecular formula is C33H39N7O4. The summed E-state index contributed by atoms with van der Waals surface area (Å²) in [6.45, 7) is 5.88. The Kier molecular flexibility index (Phi) is 6.46. The molecule has 6 atom stereocenters. The molecule has 11 nitrogen and oxygen atoms in total. The summed E-state index contributed by atoms with van der Waals surface area (Å²) >= 11 is 0. The molecule has 1 aliphatic carbocycles. The fourth-order valence-electron chi connectivity index (χ4n) is 7.82. The maximum Gasteiger partial charge on any atom is 0.254 e. The number of aromatic nitrogens is 4. The number of pyridine rings is 2. The first-order valence-corrected chi connectivity index (χ1v) is 15.8. The number of nitrogens with two attached hydrogens (primary N) is 1. The minimum Gasteiger partial charge on any atom is -0.482 e. The van der Waals surface area contributed by atoms with E-state index in [1.54, 1.807) is 7.11 Å². The lowest BCUT2D eigenvalue weighted by molar-refractivity contribution is -0.122. The van der Waals surface area contributed by atoms with Gasteiger partial charge in [0.05, 0.1) is 36.8 Å². The van der Waals surface area contributed by atoms with Crippen LogP contribution in [0.25, 0.3) is 28.1 Å². The third kappa shape index (κ3) is 4.39. The van der Waals surface area contributed by atoms with Crippen LogP contribution in [0.2, 0.25) is 0 Å². The van der Waals surface area contributed by atoms with E-state index in [4.69, 9.17) is 25.2 Å². The number of hydrogen-bond donors (Lipinski definition) is 2. The van der Waals surface area contributed by atoms with Gasteiger partial charge in [0, 0.05) is 54.7 Å². The zero-order valence-corrected chi connectivity index (χ0v) is 25.5. The van der Waals surface area contributed by atoms with Gasteiger partial charge in [0.1, 0.15) is 17.0 Å². The third-order valence-corrected chi connectivity index (χ3v) is 10.3.